The molecule has 1 aliphatic heterocycles. The Labute approximate surface area is 266 Å². The van der Waals surface area contributed by atoms with Crippen LogP contribution in [0.15, 0.2) is 91.4 Å². The molecule has 1 fully saturated rings. The minimum absolute atomic E-state index is 0.140. The van der Waals surface area contributed by atoms with E-state index in [1.165, 1.54) is 12.3 Å². The Morgan fingerprint density at radius 3 is 2.21 bits per heavy atom. The summed E-state index contributed by atoms with van der Waals surface area (Å²) in [6, 6.07) is 20.3. The summed E-state index contributed by atoms with van der Waals surface area (Å²) in [5.74, 6) is -6.70. The van der Waals surface area contributed by atoms with E-state index in [2.05, 4.69) is 31.5 Å². The van der Waals surface area contributed by atoms with E-state index in [0.29, 0.717) is 54.5 Å². The number of carbonyl (C=O) groups is 1. The van der Waals surface area contributed by atoms with Crippen molar-refractivity contribution in [2.45, 2.75) is 18.1 Å². The molecule has 0 spiro atoms. The fourth-order valence-electron chi connectivity index (χ4n) is 5.53. The fraction of sp³-hybridized carbons (Fsp3) is 0.212. The molecular formula is C33H26F4N8O2. The third kappa shape index (κ3) is 6.12. The van der Waals surface area contributed by atoms with Crippen LogP contribution in [0.4, 0.5) is 23.2 Å². The summed E-state index contributed by atoms with van der Waals surface area (Å²) >= 11 is 0. The first-order valence-corrected chi connectivity index (χ1v) is 14.5. The molecule has 47 heavy (non-hydrogen) atoms. The minimum Gasteiger partial charge on any atom is -0.377 e. The molecule has 1 atom stereocenters. The zero-order valence-electron chi connectivity index (χ0n) is 24.6. The maximum absolute atomic E-state index is 16.1. The van der Waals surface area contributed by atoms with Crippen molar-refractivity contribution in [3.63, 3.8) is 0 Å². The average Bonchev–Trinajstić information content (AvgIpc) is 3.61. The fourth-order valence-corrected chi connectivity index (χ4v) is 5.53. The van der Waals surface area contributed by atoms with E-state index in [1.54, 1.807) is 41.3 Å². The number of piperazine rings is 1. The lowest BCUT2D eigenvalue weighted by Gasteiger charge is -2.36. The molecule has 1 N–H and O–H groups in total. The van der Waals surface area contributed by atoms with Crippen molar-refractivity contribution in [2.24, 2.45) is 0 Å². The zero-order chi connectivity index (χ0) is 33.2. The van der Waals surface area contributed by atoms with Crippen LogP contribution < -0.4 is 4.90 Å². The Bertz CT molecular complexity index is 1910. The molecule has 3 heterocycles. The van der Waals surface area contributed by atoms with Crippen LogP contribution in [0.25, 0.3) is 11.1 Å². The summed E-state index contributed by atoms with van der Waals surface area (Å²) in [6.45, 7) is 1.34. The number of tetrazole rings is 1. The number of hydrogen-bond acceptors (Lipinski definition) is 8. The molecule has 5 aromatic rings. The summed E-state index contributed by atoms with van der Waals surface area (Å²) in [5.41, 5.74) is -1.89. The number of amides is 1. The molecule has 238 valence electrons. The van der Waals surface area contributed by atoms with Gasteiger partial charge in [0.25, 0.3) is 5.91 Å². The summed E-state index contributed by atoms with van der Waals surface area (Å²) in [4.78, 5) is 21.0. The molecule has 1 saturated heterocycles. The van der Waals surface area contributed by atoms with E-state index in [1.807, 2.05) is 12.1 Å². The summed E-state index contributed by atoms with van der Waals surface area (Å²) in [5, 5.41) is 30.6. The number of pyridine rings is 1. The number of rotatable bonds is 8. The predicted octanol–water partition coefficient (Wildman–Crippen LogP) is 4.53. The molecule has 0 radical (unpaired) electrons. The quantitative estimate of drug-likeness (QED) is 0.245. The number of alkyl halides is 2. The number of aliphatic hydroxyl groups is 1. The first-order chi connectivity index (χ1) is 22.6. The molecule has 0 saturated carbocycles. The zero-order valence-corrected chi connectivity index (χ0v) is 24.6. The summed E-state index contributed by atoms with van der Waals surface area (Å²) in [7, 11) is 0. The molecule has 3 aromatic carbocycles. The lowest BCUT2D eigenvalue weighted by atomic mass is 9.84. The Morgan fingerprint density at radius 2 is 1.62 bits per heavy atom. The molecular weight excluding hydrogens is 616 g/mol. The number of anilines is 1. The van der Waals surface area contributed by atoms with Crippen molar-refractivity contribution < 1.29 is 27.5 Å². The van der Waals surface area contributed by atoms with Gasteiger partial charge in [-0.3, -0.25) is 9.78 Å². The van der Waals surface area contributed by atoms with Crippen molar-refractivity contribution in [2.75, 3.05) is 31.1 Å². The van der Waals surface area contributed by atoms with E-state index < -0.39 is 41.0 Å². The van der Waals surface area contributed by atoms with Gasteiger partial charge in [0.15, 0.2) is 5.60 Å². The SMILES string of the molecule is N#Cc1ccc(N2CCN(C(=O)c3ccc(-c4ccc(C(F)(F)C(O)(Cn5cnnn5)c5ccc(F)cc5F)nc4)cc3)CC2)cc1. The number of aromatic nitrogens is 5. The maximum Gasteiger partial charge on any atom is 0.323 e. The highest BCUT2D eigenvalue weighted by Gasteiger charge is 2.58. The first-order valence-electron chi connectivity index (χ1n) is 14.5. The highest BCUT2D eigenvalue weighted by Crippen LogP contribution is 2.47. The van der Waals surface area contributed by atoms with Crippen LogP contribution in [0, 0.1) is 23.0 Å². The lowest BCUT2D eigenvalue weighted by molar-refractivity contribution is -0.207. The van der Waals surface area contributed by atoms with Crippen LogP contribution in [0.3, 0.4) is 0 Å². The molecule has 0 aliphatic carbocycles. The van der Waals surface area contributed by atoms with Crippen molar-refractivity contribution in [3.8, 4) is 17.2 Å². The minimum atomic E-state index is -4.18. The van der Waals surface area contributed by atoms with Gasteiger partial charge in [0, 0.05) is 60.8 Å². The number of nitriles is 1. The molecule has 6 rings (SSSR count). The van der Waals surface area contributed by atoms with Gasteiger partial charge in [0.2, 0.25) is 0 Å². The topological polar surface area (TPSA) is 124 Å². The Hall–Kier alpha value is -5.68. The third-order valence-corrected chi connectivity index (χ3v) is 8.16. The van der Waals surface area contributed by atoms with Gasteiger partial charge >= 0.3 is 5.92 Å². The van der Waals surface area contributed by atoms with Crippen molar-refractivity contribution in [1.82, 2.24) is 30.1 Å². The van der Waals surface area contributed by atoms with Gasteiger partial charge in [-0.25, -0.2) is 13.5 Å². The molecule has 14 heteroatoms. The Kier molecular flexibility index (Phi) is 8.40. The number of hydrogen-bond donors (Lipinski definition) is 1. The monoisotopic (exact) mass is 642 g/mol. The highest BCUT2D eigenvalue weighted by molar-refractivity contribution is 5.95. The highest BCUT2D eigenvalue weighted by atomic mass is 19.3. The van der Waals surface area contributed by atoms with E-state index >= 15 is 8.78 Å². The van der Waals surface area contributed by atoms with Gasteiger partial charge in [-0.2, -0.15) is 14.0 Å². The largest absolute Gasteiger partial charge is 0.377 e. The van der Waals surface area contributed by atoms with Gasteiger partial charge in [-0.15, -0.1) is 5.10 Å². The second-order valence-corrected chi connectivity index (χ2v) is 11.0. The molecule has 1 amide bonds. The molecule has 1 aliphatic rings. The molecule has 0 bridgehead atoms. The van der Waals surface area contributed by atoms with Gasteiger partial charge in [0.05, 0.1) is 18.2 Å². The van der Waals surface area contributed by atoms with Crippen LogP contribution in [-0.2, 0) is 18.1 Å². The maximum atomic E-state index is 16.1. The number of halogens is 4. The van der Waals surface area contributed by atoms with Crippen LogP contribution in [0.2, 0.25) is 0 Å². The van der Waals surface area contributed by atoms with Crippen molar-refractivity contribution in [3.05, 3.63) is 125 Å². The van der Waals surface area contributed by atoms with Crippen LogP contribution in [0.5, 0.6) is 0 Å². The van der Waals surface area contributed by atoms with E-state index in [-0.39, 0.29) is 5.91 Å². The molecule has 10 nitrogen and oxygen atoms in total. The normalized spacial score (nSPS) is 14.8. The Balaban J connectivity index is 1.16. The van der Waals surface area contributed by atoms with E-state index in [9.17, 15) is 18.7 Å². The van der Waals surface area contributed by atoms with Crippen LogP contribution in [-0.4, -0.2) is 67.3 Å². The van der Waals surface area contributed by atoms with Crippen LogP contribution in [0.1, 0.15) is 27.2 Å². The lowest BCUT2D eigenvalue weighted by Crippen LogP contribution is -2.48. The first kappa shape index (κ1) is 31.3. The van der Waals surface area contributed by atoms with E-state index in [4.69, 9.17) is 5.26 Å². The third-order valence-electron chi connectivity index (χ3n) is 8.16. The van der Waals surface area contributed by atoms with Crippen molar-refractivity contribution >= 4 is 11.6 Å². The van der Waals surface area contributed by atoms with Crippen LogP contribution >= 0.6 is 0 Å². The Morgan fingerprint density at radius 1 is 0.915 bits per heavy atom. The average molecular weight is 643 g/mol. The van der Waals surface area contributed by atoms with Gasteiger partial charge in [-0.1, -0.05) is 18.2 Å². The predicted molar refractivity (Wildman–Crippen MR) is 161 cm³/mol. The molecule has 2 aromatic heterocycles. The number of carbonyl (C=O) groups excluding carboxylic acids is 1. The second-order valence-electron chi connectivity index (χ2n) is 11.0. The molecule has 1 unspecified atom stereocenters. The number of nitrogens with zero attached hydrogens (tertiary/aromatic N) is 8. The standard InChI is InChI=1S/C33H26F4N8O2/c34-26-8-11-28(29(35)17-26)32(47,20-45-21-40-41-42-45)33(36,37)30-12-7-25(19-39-30)23-3-5-24(6-4-23)31(46)44-15-13-43(14-16-44)27-9-1-22(18-38)2-10-27/h1-12,17,19,21,47H,13-16,20H2. The van der Waals surface area contributed by atoms with Gasteiger partial charge in [0.1, 0.15) is 23.7 Å². The number of benzene rings is 3. The van der Waals surface area contributed by atoms with Crippen molar-refractivity contribution in [1.29, 1.82) is 5.26 Å². The summed E-state index contributed by atoms with van der Waals surface area (Å²) in [6.07, 6.45) is 2.16. The summed E-state index contributed by atoms with van der Waals surface area (Å²) < 4.78 is 61.3. The second kappa shape index (κ2) is 12.6. The van der Waals surface area contributed by atoms with Gasteiger partial charge in [-0.05, 0) is 70.6 Å². The smallest absolute Gasteiger partial charge is 0.323 e. The van der Waals surface area contributed by atoms with E-state index in [0.717, 1.165) is 34.9 Å². The van der Waals surface area contributed by atoms with Gasteiger partial charge < -0.3 is 14.9 Å².